The van der Waals surface area contributed by atoms with Crippen LogP contribution in [0.4, 0.5) is 10.5 Å². The van der Waals surface area contributed by atoms with Gasteiger partial charge in [0.2, 0.25) is 0 Å². The van der Waals surface area contributed by atoms with E-state index in [1.807, 2.05) is 37.4 Å². The summed E-state index contributed by atoms with van der Waals surface area (Å²) >= 11 is 0. The number of nitrogens with zero attached hydrogens (tertiary/aromatic N) is 2. The van der Waals surface area contributed by atoms with Gasteiger partial charge in [0.15, 0.2) is 6.67 Å². The van der Waals surface area contributed by atoms with Crippen molar-refractivity contribution in [2.45, 2.75) is 31.8 Å². The molecule has 2 atom stereocenters. The molecule has 2 aromatic rings. The number of anilines is 1. The zero-order valence-electron chi connectivity index (χ0n) is 17.1. The van der Waals surface area contributed by atoms with Gasteiger partial charge in [0, 0.05) is 24.3 Å². The Labute approximate surface area is 172 Å². The standard InChI is InChI=1S/C23H28N4O2/c1-23(19-11-4-3-5-12-19)21(28)27(22(29)24-23)17-25(2)16-18-10-6-7-13-20(18)26-14-8-9-15-26/h3-7,10-13H,8-9,14-17H2,1-2H3,(H,24,29)/p+1/t23-/m0/s1. The molecule has 2 N–H and O–H groups in total. The van der Waals surface area contributed by atoms with Crippen LogP contribution >= 0.6 is 0 Å². The third-order valence-corrected chi connectivity index (χ3v) is 5.98. The zero-order valence-corrected chi connectivity index (χ0v) is 17.1. The molecule has 29 heavy (non-hydrogen) atoms. The Balaban J connectivity index is 1.47. The number of imide groups is 1. The number of hydrogen-bond donors (Lipinski definition) is 2. The van der Waals surface area contributed by atoms with Gasteiger partial charge >= 0.3 is 6.03 Å². The van der Waals surface area contributed by atoms with Crippen LogP contribution in [0, 0.1) is 0 Å². The van der Waals surface area contributed by atoms with Gasteiger partial charge in [-0.15, -0.1) is 0 Å². The molecule has 152 valence electrons. The first kappa shape index (κ1) is 19.5. The molecule has 0 spiro atoms. The molecule has 6 heteroatoms. The van der Waals surface area contributed by atoms with Crippen molar-refractivity contribution in [2.24, 2.45) is 0 Å². The lowest BCUT2D eigenvalue weighted by molar-refractivity contribution is -0.901. The molecule has 1 unspecified atom stereocenters. The maximum Gasteiger partial charge on any atom is 0.329 e. The summed E-state index contributed by atoms with van der Waals surface area (Å²) in [6, 6.07) is 17.6. The second kappa shape index (κ2) is 7.87. The smallest absolute Gasteiger partial charge is 0.329 e. The number of carbonyl (C=O) groups excluding carboxylic acids is 2. The van der Waals surface area contributed by atoms with E-state index in [9.17, 15) is 9.59 Å². The number of quaternary nitrogens is 1. The molecule has 0 aromatic heterocycles. The van der Waals surface area contributed by atoms with E-state index >= 15 is 0 Å². The fourth-order valence-corrected chi connectivity index (χ4v) is 4.39. The van der Waals surface area contributed by atoms with Gasteiger partial charge in [0.1, 0.15) is 12.1 Å². The van der Waals surface area contributed by atoms with Crippen molar-refractivity contribution in [3.8, 4) is 0 Å². The van der Waals surface area contributed by atoms with Crippen LogP contribution in [0.25, 0.3) is 0 Å². The lowest BCUT2D eigenvalue weighted by Crippen LogP contribution is -3.09. The molecule has 2 aromatic carbocycles. The fourth-order valence-electron chi connectivity index (χ4n) is 4.39. The van der Waals surface area contributed by atoms with Gasteiger partial charge in [-0.25, -0.2) is 9.69 Å². The number of carbonyl (C=O) groups is 2. The van der Waals surface area contributed by atoms with Gasteiger partial charge in [0.25, 0.3) is 5.91 Å². The third-order valence-electron chi connectivity index (χ3n) is 5.98. The summed E-state index contributed by atoms with van der Waals surface area (Å²) < 4.78 is 0. The highest BCUT2D eigenvalue weighted by atomic mass is 16.2. The minimum absolute atomic E-state index is 0.194. The molecular formula is C23H29N4O2+. The van der Waals surface area contributed by atoms with Crippen LogP contribution < -0.4 is 15.1 Å². The second-order valence-electron chi connectivity index (χ2n) is 8.27. The van der Waals surface area contributed by atoms with Crippen molar-refractivity contribution in [1.82, 2.24) is 10.2 Å². The first-order valence-electron chi connectivity index (χ1n) is 10.3. The van der Waals surface area contributed by atoms with E-state index in [1.165, 1.54) is 29.0 Å². The maximum absolute atomic E-state index is 13.1. The highest BCUT2D eigenvalue weighted by molar-refractivity contribution is 6.07. The summed E-state index contributed by atoms with van der Waals surface area (Å²) in [5, 5.41) is 2.89. The molecule has 0 radical (unpaired) electrons. The predicted molar refractivity (Wildman–Crippen MR) is 113 cm³/mol. The maximum atomic E-state index is 13.1. The third kappa shape index (κ3) is 3.72. The Morgan fingerprint density at radius 3 is 2.38 bits per heavy atom. The number of nitrogens with one attached hydrogen (secondary N) is 2. The average Bonchev–Trinajstić information content (AvgIpc) is 3.33. The van der Waals surface area contributed by atoms with Crippen molar-refractivity contribution in [2.75, 3.05) is 31.7 Å². The zero-order chi connectivity index (χ0) is 20.4. The summed E-state index contributed by atoms with van der Waals surface area (Å²) in [7, 11) is 2.03. The SMILES string of the molecule is C[NH+](Cc1ccccc1N1CCCC1)CN1C(=O)N[C@@](C)(c2ccccc2)C1=O. The molecule has 6 nitrogen and oxygen atoms in total. The van der Waals surface area contributed by atoms with Crippen LogP contribution in [0.1, 0.15) is 30.9 Å². The van der Waals surface area contributed by atoms with Crippen molar-refractivity contribution in [1.29, 1.82) is 0 Å². The molecule has 2 heterocycles. The molecule has 2 aliphatic rings. The summed E-state index contributed by atoms with van der Waals surface area (Å²) in [6.45, 7) is 5.06. The van der Waals surface area contributed by atoms with Crippen LogP contribution in [0.3, 0.4) is 0 Å². The van der Waals surface area contributed by atoms with Gasteiger partial charge in [-0.1, -0.05) is 48.5 Å². The van der Waals surface area contributed by atoms with Gasteiger partial charge in [-0.3, -0.25) is 4.79 Å². The quantitative estimate of drug-likeness (QED) is 0.735. The molecule has 0 bridgehead atoms. The van der Waals surface area contributed by atoms with E-state index in [0.717, 1.165) is 30.1 Å². The van der Waals surface area contributed by atoms with Crippen LogP contribution in [0.15, 0.2) is 54.6 Å². The predicted octanol–water partition coefficient (Wildman–Crippen LogP) is 1.73. The van der Waals surface area contributed by atoms with E-state index in [-0.39, 0.29) is 11.9 Å². The number of para-hydroxylation sites is 1. The molecule has 4 rings (SSSR count). The molecule has 3 amide bonds. The first-order chi connectivity index (χ1) is 14.0. The number of rotatable bonds is 6. The van der Waals surface area contributed by atoms with Gasteiger partial charge < -0.3 is 15.1 Å². The fraction of sp³-hybridized carbons (Fsp3) is 0.391. The number of urea groups is 1. The van der Waals surface area contributed by atoms with Crippen molar-refractivity contribution >= 4 is 17.6 Å². The van der Waals surface area contributed by atoms with Gasteiger partial charge in [-0.2, -0.15) is 0 Å². The normalized spacial score (nSPS) is 22.8. The monoisotopic (exact) mass is 393 g/mol. The van der Waals surface area contributed by atoms with Crippen LogP contribution in [-0.4, -0.2) is 43.6 Å². The van der Waals surface area contributed by atoms with E-state index in [0.29, 0.717) is 6.67 Å². The minimum atomic E-state index is -1.01. The summed E-state index contributed by atoms with van der Waals surface area (Å²) in [4.78, 5) is 30.6. The highest BCUT2D eigenvalue weighted by Crippen LogP contribution is 2.28. The van der Waals surface area contributed by atoms with E-state index in [1.54, 1.807) is 6.92 Å². The number of amides is 3. The van der Waals surface area contributed by atoms with Crippen LogP contribution in [0.5, 0.6) is 0 Å². The Hall–Kier alpha value is -2.86. The summed E-state index contributed by atoms with van der Waals surface area (Å²) in [6.07, 6.45) is 2.47. The molecule has 0 saturated carbocycles. The van der Waals surface area contributed by atoms with Gasteiger partial charge in [0.05, 0.1) is 7.05 Å². The largest absolute Gasteiger partial charge is 0.371 e. The van der Waals surface area contributed by atoms with Crippen LogP contribution in [-0.2, 0) is 16.9 Å². The Morgan fingerprint density at radius 2 is 1.66 bits per heavy atom. The molecular weight excluding hydrogens is 364 g/mol. The molecule has 0 aliphatic carbocycles. The summed E-state index contributed by atoms with van der Waals surface area (Å²) in [5.74, 6) is -0.194. The Kier molecular flexibility index (Phi) is 5.28. The second-order valence-corrected chi connectivity index (χ2v) is 8.27. The molecule has 2 fully saturated rings. The lowest BCUT2D eigenvalue weighted by Gasteiger charge is -2.25. The van der Waals surface area contributed by atoms with E-state index < -0.39 is 5.54 Å². The average molecular weight is 394 g/mol. The van der Waals surface area contributed by atoms with E-state index in [2.05, 4.69) is 34.5 Å². The first-order valence-corrected chi connectivity index (χ1v) is 10.3. The van der Waals surface area contributed by atoms with Gasteiger partial charge in [-0.05, 0) is 31.4 Å². The van der Waals surface area contributed by atoms with Crippen LogP contribution in [0.2, 0.25) is 0 Å². The minimum Gasteiger partial charge on any atom is -0.371 e. The van der Waals surface area contributed by atoms with Crippen molar-refractivity contribution in [3.05, 3.63) is 65.7 Å². The van der Waals surface area contributed by atoms with Crippen molar-refractivity contribution < 1.29 is 14.5 Å². The Morgan fingerprint density at radius 1 is 1.00 bits per heavy atom. The topological polar surface area (TPSA) is 57.1 Å². The highest BCUT2D eigenvalue weighted by Gasteiger charge is 2.49. The number of benzene rings is 2. The Bertz CT molecular complexity index is 895. The van der Waals surface area contributed by atoms with E-state index in [4.69, 9.17) is 0 Å². The molecule has 2 aliphatic heterocycles. The van der Waals surface area contributed by atoms with Crippen molar-refractivity contribution in [3.63, 3.8) is 0 Å². The number of hydrogen-bond acceptors (Lipinski definition) is 3. The summed E-state index contributed by atoms with van der Waals surface area (Å²) in [5.41, 5.74) is 2.32. The lowest BCUT2D eigenvalue weighted by atomic mass is 9.92. The molecule has 2 saturated heterocycles.